The molecule has 2 aromatic carbocycles. The van der Waals surface area contributed by atoms with Gasteiger partial charge in [-0.15, -0.1) is 0 Å². The first-order valence-electron chi connectivity index (χ1n) is 5.48. The van der Waals surface area contributed by atoms with Crippen molar-refractivity contribution in [1.82, 2.24) is 0 Å². The van der Waals surface area contributed by atoms with Crippen LogP contribution in [0.1, 0.15) is 5.56 Å². The average Bonchev–Trinajstić information content (AvgIpc) is 2.34. The maximum Gasteiger partial charge on any atom is 0.313 e. The molecule has 0 N–H and O–H groups in total. The Hall–Kier alpha value is -0.940. The molecule has 2 rings (SSSR count). The van der Waals surface area contributed by atoms with Crippen molar-refractivity contribution in [2.75, 3.05) is 0 Å². The van der Waals surface area contributed by atoms with Gasteiger partial charge in [0.25, 0.3) is 0 Å². The van der Waals surface area contributed by atoms with Crippen LogP contribution in [0.25, 0.3) is 0 Å². The Kier molecular flexibility index (Phi) is 4.81. The smallest absolute Gasteiger partial charge is 0.313 e. The quantitative estimate of drug-likeness (QED) is 0.759. The fraction of sp³-hybridized carbons (Fsp3) is 0.0769. The van der Waals surface area contributed by atoms with Crippen LogP contribution in [0.3, 0.4) is 0 Å². The second-order valence-corrected chi connectivity index (χ2v) is 6.79. The molecule has 0 bridgehead atoms. The van der Waals surface area contributed by atoms with E-state index in [4.69, 9.17) is 39.0 Å². The highest BCUT2D eigenvalue weighted by atomic mass is 35.5. The normalized spacial score (nSPS) is 11.3. The van der Waals surface area contributed by atoms with E-state index >= 15 is 0 Å². The third kappa shape index (κ3) is 4.03. The summed E-state index contributed by atoms with van der Waals surface area (Å²) in [4.78, 5) is 0. The summed E-state index contributed by atoms with van der Waals surface area (Å²) >= 11 is 17.5. The lowest BCUT2D eigenvalue weighted by Gasteiger charge is -2.10. The molecule has 0 aliphatic rings. The number of halogens is 3. The van der Waals surface area contributed by atoms with Gasteiger partial charge >= 0.3 is 10.1 Å². The molecular formula is C13H9Cl3O3S. The summed E-state index contributed by atoms with van der Waals surface area (Å²) < 4.78 is 28.9. The molecule has 0 fully saturated rings. The van der Waals surface area contributed by atoms with Gasteiger partial charge in [0.2, 0.25) is 0 Å². The predicted molar refractivity (Wildman–Crippen MR) is 81.2 cm³/mol. The minimum atomic E-state index is -3.86. The number of rotatable bonds is 4. The molecule has 0 aromatic heterocycles. The Morgan fingerprint density at radius 3 is 2.05 bits per heavy atom. The molecule has 20 heavy (non-hydrogen) atoms. The number of hydrogen-bond donors (Lipinski definition) is 0. The topological polar surface area (TPSA) is 43.4 Å². The summed E-state index contributed by atoms with van der Waals surface area (Å²) in [7, 11) is -3.86. The second-order valence-electron chi connectivity index (χ2n) is 3.97. The molecule has 0 spiro atoms. The molecule has 0 atom stereocenters. The molecule has 0 aliphatic carbocycles. The molecule has 0 saturated carbocycles. The fourth-order valence-corrected chi connectivity index (χ4v) is 3.62. The van der Waals surface area contributed by atoms with E-state index in [1.54, 1.807) is 30.3 Å². The van der Waals surface area contributed by atoms with E-state index in [0.29, 0.717) is 10.6 Å². The van der Waals surface area contributed by atoms with E-state index < -0.39 is 10.1 Å². The van der Waals surface area contributed by atoms with Gasteiger partial charge in [-0.25, -0.2) is 0 Å². The third-order valence-corrected chi connectivity index (χ3v) is 4.25. The van der Waals surface area contributed by atoms with Gasteiger partial charge in [0.1, 0.15) is 5.75 Å². The Morgan fingerprint density at radius 2 is 1.50 bits per heavy atom. The summed E-state index contributed by atoms with van der Waals surface area (Å²) in [5, 5.41) is 0.381. The molecular weight excluding hydrogens is 343 g/mol. The molecule has 7 heteroatoms. The van der Waals surface area contributed by atoms with Crippen LogP contribution in [0.2, 0.25) is 15.1 Å². The molecule has 0 saturated heterocycles. The monoisotopic (exact) mass is 350 g/mol. The van der Waals surface area contributed by atoms with Crippen LogP contribution in [0, 0.1) is 0 Å². The largest absolute Gasteiger partial charge is 0.379 e. The summed E-state index contributed by atoms with van der Waals surface area (Å²) in [6, 6.07) is 11.4. The predicted octanol–water partition coefficient (Wildman–Crippen LogP) is 4.56. The van der Waals surface area contributed by atoms with Crippen LogP contribution in [0.15, 0.2) is 42.5 Å². The van der Waals surface area contributed by atoms with Crippen LogP contribution >= 0.6 is 34.8 Å². The van der Waals surface area contributed by atoms with Gasteiger partial charge in [0.15, 0.2) is 5.75 Å². The summed E-state index contributed by atoms with van der Waals surface area (Å²) in [5.74, 6) is -0.392. The van der Waals surface area contributed by atoms with Gasteiger partial charge in [-0.2, -0.15) is 8.42 Å². The Labute approximate surface area is 132 Å². The van der Waals surface area contributed by atoms with E-state index in [-0.39, 0.29) is 21.5 Å². The molecule has 2 aromatic rings. The molecule has 0 aliphatic heterocycles. The lowest BCUT2D eigenvalue weighted by molar-refractivity contribution is 0.485. The second kappa shape index (κ2) is 6.22. The van der Waals surface area contributed by atoms with Crippen molar-refractivity contribution in [3.63, 3.8) is 0 Å². The van der Waals surface area contributed by atoms with E-state index in [1.807, 2.05) is 0 Å². The van der Waals surface area contributed by atoms with E-state index in [0.717, 1.165) is 0 Å². The first kappa shape index (κ1) is 15.4. The van der Waals surface area contributed by atoms with Crippen molar-refractivity contribution in [3.05, 3.63) is 63.1 Å². The zero-order chi connectivity index (χ0) is 14.8. The highest BCUT2D eigenvalue weighted by molar-refractivity contribution is 7.86. The standard InChI is InChI=1S/C13H9Cl3O3S/c14-10-6-11(15)13(12(16)7-10)19-20(17,18)8-9-4-2-1-3-5-9/h1-7H,8H2. The van der Waals surface area contributed by atoms with Gasteiger partial charge in [0.05, 0.1) is 10.0 Å². The van der Waals surface area contributed by atoms with Crippen molar-refractivity contribution in [2.24, 2.45) is 0 Å². The van der Waals surface area contributed by atoms with Crippen molar-refractivity contribution in [3.8, 4) is 5.75 Å². The summed E-state index contributed by atoms with van der Waals surface area (Å²) in [6.07, 6.45) is 0. The van der Waals surface area contributed by atoms with Gasteiger partial charge in [-0.05, 0) is 17.7 Å². The molecule has 3 nitrogen and oxygen atoms in total. The molecule has 0 unspecified atom stereocenters. The highest BCUT2D eigenvalue weighted by Crippen LogP contribution is 2.36. The Morgan fingerprint density at radius 1 is 0.950 bits per heavy atom. The zero-order valence-corrected chi connectivity index (χ0v) is 13.1. The summed E-state index contributed by atoms with van der Waals surface area (Å²) in [6.45, 7) is 0. The van der Waals surface area contributed by atoms with E-state index in [2.05, 4.69) is 0 Å². The molecule has 0 heterocycles. The van der Waals surface area contributed by atoms with Crippen LogP contribution in [0.5, 0.6) is 5.75 Å². The van der Waals surface area contributed by atoms with Gasteiger partial charge in [-0.3, -0.25) is 0 Å². The van der Waals surface area contributed by atoms with E-state index in [1.165, 1.54) is 12.1 Å². The Bertz CT molecular complexity index is 692. The van der Waals surface area contributed by atoms with Gasteiger partial charge in [-0.1, -0.05) is 65.1 Å². The first-order chi connectivity index (χ1) is 9.37. The van der Waals surface area contributed by atoms with Gasteiger partial charge < -0.3 is 4.18 Å². The van der Waals surface area contributed by atoms with Crippen LogP contribution in [0.4, 0.5) is 0 Å². The lowest BCUT2D eigenvalue weighted by atomic mass is 10.2. The number of benzene rings is 2. The molecule has 106 valence electrons. The average molecular weight is 352 g/mol. The zero-order valence-electron chi connectivity index (χ0n) is 10.0. The van der Waals surface area contributed by atoms with Crippen molar-refractivity contribution in [2.45, 2.75) is 5.75 Å². The SMILES string of the molecule is O=S(=O)(Cc1ccccc1)Oc1c(Cl)cc(Cl)cc1Cl. The van der Waals surface area contributed by atoms with Gasteiger partial charge in [0, 0.05) is 5.02 Å². The van der Waals surface area contributed by atoms with Crippen molar-refractivity contribution in [1.29, 1.82) is 0 Å². The summed E-state index contributed by atoms with van der Waals surface area (Å²) in [5.41, 5.74) is 0.605. The number of hydrogen-bond acceptors (Lipinski definition) is 3. The van der Waals surface area contributed by atoms with Crippen LogP contribution in [-0.2, 0) is 15.9 Å². The lowest BCUT2D eigenvalue weighted by Crippen LogP contribution is -2.12. The third-order valence-electron chi connectivity index (χ3n) is 2.36. The van der Waals surface area contributed by atoms with E-state index in [9.17, 15) is 8.42 Å². The van der Waals surface area contributed by atoms with Crippen molar-refractivity contribution >= 4 is 44.9 Å². The van der Waals surface area contributed by atoms with Crippen molar-refractivity contribution < 1.29 is 12.6 Å². The molecule has 0 radical (unpaired) electrons. The highest BCUT2D eigenvalue weighted by Gasteiger charge is 2.19. The van der Waals surface area contributed by atoms with Crippen LogP contribution < -0.4 is 4.18 Å². The molecule has 0 amide bonds. The maximum absolute atomic E-state index is 12.0. The minimum Gasteiger partial charge on any atom is -0.379 e. The Balaban J connectivity index is 2.25. The van der Waals surface area contributed by atoms with Crippen LogP contribution in [-0.4, -0.2) is 8.42 Å². The maximum atomic E-state index is 12.0. The fourth-order valence-electron chi connectivity index (χ4n) is 1.54. The minimum absolute atomic E-state index is 0.0409. The first-order valence-corrected chi connectivity index (χ1v) is 8.19.